The van der Waals surface area contributed by atoms with Gasteiger partial charge in [-0.2, -0.15) is 0 Å². The summed E-state index contributed by atoms with van der Waals surface area (Å²) in [5.74, 6) is -0.376. The highest BCUT2D eigenvalue weighted by molar-refractivity contribution is 5.90. The number of carbonyl (C=O) groups is 1. The summed E-state index contributed by atoms with van der Waals surface area (Å²) in [6.07, 6.45) is 6.70. The van der Waals surface area contributed by atoms with Crippen molar-refractivity contribution in [1.29, 1.82) is 0 Å². The first-order chi connectivity index (χ1) is 13.2. The lowest BCUT2D eigenvalue weighted by Gasteiger charge is -2.17. The van der Waals surface area contributed by atoms with E-state index in [1.807, 2.05) is 12.3 Å². The lowest BCUT2D eigenvalue weighted by atomic mass is 10.1. The summed E-state index contributed by atoms with van der Waals surface area (Å²) in [6.45, 7) is 8.64. The monoisotopic (exact) mass is 366 g/mol. The van der Waals surface area contributed by atoms with Crippen molar-refractivity contribution >= 4 is 16.9 Å². The van der Waals surface area contributed by atoms with E-state index in [9.17, 15) is 4.79 Å². The highest BCUT2D eigenvalue weighted by atomic mass is 16.5. The summed E-state index contributed by atoms with van der Waals surface area (Å²) >= 11 is 0. The number of esters is 1. The third-order valence-corrected chi connectivity index (χ3v) is 4.87. The molecular weight excluding hydrogens is 340 g/mol. The van der Waals surface area contributed by atoms with E-state index in [1.165, 1.54) is 7.11 Å². The minimum Gasteiger partial charge on any atom is -0.465 e. The highest BCUT2D eigenvalue weighted by Crippen LogP contribution is 2.22. The number of hydrogen-bond donors (Lipinski definition) is 0. The molecule has 0 fully saturated rings. The molecule has 0 spiro atoms. The van der Waals surface area contributed by atoms with Gasteiger partial charge in [-0.05, 0) is 50.3 Å². The van der Waals surface area contributed by atoms with E-state index in [0.29, 0.717) is 11.3 Å². The molecule has 6 nitrogen and oxygen atoms in total. The Labute approximate surface area is 159 Å². The first-order valence-electron chi connectivity index (χ1n) is 9.38. The van der Waals surface area contributed by atoms with E-state index in [1.54, 1.807) is 18.3 Å². The molecule has 0 atom stereocenters. The van der Waals surface area contributed by atoms with Gasteiger partial charge >= 0.3 is 5.97 Å². The van der Waals surface area contributed by atoms with Gasteiger partial charge in [0.2, 0.25) is 0 Å². The smallest absolute Gasteiger partial charge is 0.337 e. The number of rotatable bonds is 8. The fourth-order valence-corrected chi connectivity index (χ4v) is 3.24. The average Bonchev–Trinajstić information content (AvgIpc) is 3.13. The molecule has 0 radical (unpaired) electrons. The minimum atomic E-state index is -0.376. The summed E-state index contributed by atoms with van der Waals surface area (Å²) in [4.78, 5) is 23.1. The Hall–Kier alpha value is -2.73. The molecule has 0 unspecified atom stereocenters. The first kappa shape index (κ1) is 19.0. The van der Waals surface area contributed by atoms with Gasteiger partial charge in [-0.1, -0.05) is 13.8 Å². The molecule has 0 saturated heterocycles. The number of pyridine rings is 2. The molecule has 0 aromatic carbocycles. The second-order valence-corrected chi connectivity index (χ2v) is 6.44. The Kier molecular flexibility index (Phi) is 6.19. The van der Waals surface area contributed by atoms with Crippen LogP contribution in [-0.4, -0.2) is 52.1 Å². The highest BCUT2D eigenvalue weighted by Gasteiger charge is 2.10. The molecule has 0 aliphatic rings. The Morgan fingerprint density at radius 2 is 1.93 bits per heavy atom. The van der Waals surface area contributed by atoms with Crippen LogP contribution in [0.1, 0.15) is 30.6 Å². The number of aryl methyl sites for hydroxylation is 1. The summed E-state index contributed by atoms with van der Waals surface area (Å²) in [5, 5.41) is 1.12. The maximum absolute atomic E-state index is 11.7. The lowest BCUT2D eigenvalue weighted by molar-refractivity contribution is 0.0600. The molecule has 6 heteroatoms. The number of ether oxygens (including phenoxy) is 1. The summed E-state index contributed by atoms with van der Waals surface area (Å²) in [7, 11) is 1.37. The Balaban J connectivity index is 1.78. The fourth-order valence-electron chi connectivity index (χ4n) is 3.24. The third-order valence-electron chi connectivity index (χ3n) is 4.87. The number of fused-ring (bicyclic) bond motifs is 1. The lowest BCUT2D eigenvalue weighted by Crippen LogP contribution is -2.24. The molecule has 142 valence electrons. The molecule has 0 aliphatic heterocycles. The predicted molar refractivity (Wildman–Crippen MR) is 107 cm³/mol. The van der Waals surface area contributed by atoms with E-state index < -0.39 is 0 Å². The first-order valence-corrected chi connectivity index (χ1v) is 9.38. The van der Waals surface area contributed by atoms with Crippen molar-refractivity contribution in [2.45, 2.75) is 26.8 Å². The van der Waals surface area contributed by atoms with Crippen LogP contribution in [0.5, 0.6) is 0 Å². The van der Waals surface area contributed by atoms with Crippen LogP contribution < -0.4 is 0 Å². The molecule has 3 aromatic rings. The van der Waals surface area contributed by atoms with Crippen molar-refractivity contribution in [3.8, 4) is 11.4 Å². The van der Waals surface area contributed by atoms with Gasteiger partial charge in [0.05, 0.1) is 35.8 Å². The van der Waals surface area contributed by atoms with Gasteiger partial charge in [-0.25, -0.2) is 4.79 Å². The van der Waals surface area contributed by atoms with Crippen molar-refractivity contribution in [3.63, 3.8) is 0 Å². The standard InChI is InChI=1S/C21H26N4O2/c1-4-24(5-2)10-6-11-25-12-8-16-13-19(23-15-20(16)25)18-14-17(7-9-22-18)21(26)27-3/h7-9,12-15H,4-6,10-11H2,1-3H3. The topological polar surface area (TPSA) is 60.2 Å². The minimum absolute atomic E-state index is 0.376. The van der Waals surface area contributed by atoms with Crippen LogP contribution in [0.4, 0.5) is 0 Å². The molecule has 0 aliphatic carbocycles. The van der Waals surface area contributed by atoms with Crippen molar-refractivity contribution in [2.24, 2.45) is 0 Å². The molecular formula is C21H26N4O2. The van der Waals surface area contributed by atoms with E-state index in [4.69, 9.17) is 4.74 Å². The van der Waals surface area contributed by atoms with Crippen LogP contribution in [0.15, 0.2) is 42.9 Å². The van der Waals surface area contributed by atoms with Crippen molar-refractivity contribution in [1.82, 2.24) is 19.4 Å². The molecule has 0 saturated carbocycles. The zero-order valence-corrected chi connectivity index (χ0v) is 16.2. The number of aromatic nitrogens is 3. The van der Waals surface area contributed by atoms with Crippen molar-refractivity contribution in [2.75, 3.05) is 26.7 Å². The maximum Gasteiger partial charge on any atom is 0.337 e. The molecule has 0 N–H and O–H groups in total. The SMILES string of the molecule is CCN(CC)CCCn1ccc2cc(-c3cc(C(=O)OC)ccn3)ncc21. The number of hydrogen-bond acceptors (Lipinski definition) is 5. The van der Waals surface area contributed by atoms with Crippen LogP contribution in [0.3, 0.4) is 0 Å². The molecule has 0 bridgehead atoms. The predicted octanol–water partition coefficient (Wildman–Crippen LogP) is 3.62. The van der Waals surface area contributed by atoms with Gasteiger partial charge in [0.25, 0.3) is 0 Å². The van der Waals surface area contributed by atoms with E-state index in [-0.39, 0.29) is 5.97 Å². The van der Waals surface area contributed by atoms with Crippen LogP contribution in [0.2, 0.25) is 0 Å². The Morgan fingerprint density at radius 1 is 1.15 bits per heavy atom. The van der Waals surface area contributed by atoms with Crippen LogP contribution in [0.25, 0.3) is 22.3 Å². The Morgan fingerprint density at radius 3 is 2.67 bits per heavy atom. The van der Waals surface area contributed by atoms with Crippen LogP contribution in [0, 0.1) is 0 Å². The summed E-state index contributed by atoms with van der Waals surface area (Å²) in [6, 6.07) is 7.46. The number of carbonyl (C=O) groups excluding carboxylic acids is 1. The maximum atomic E-state index is 11.7. The van der Waals surface area contributed by atoms with E-state index in [0.717, 1.165) is 49.2 Å². The molecule has 0 amide bonds. The quantitative estimate of drug-likeness (QED) is 0.570. The van der Waals surface area contributed by atoms with E-state index in [2.05, 4.69) is 45.5 Å². The third kappa shape index (κ3) is 4.34. The largest absolute Gasteiger partial charge is 0.465 e. The Bertz CT molecular complexity index is 915. The molecule has 3 aromatic heterocycles. The number of nitrogens with zero attached hydrogens (tertiary/aromatic N) is 4. The zero-order chi connectivity index (χ0) is 19.2. The van der Waals surface area contributed by atoms with E-state index >= 15 is 0 Å². The van der Waals surface area contributed by atoms with Gasteiger partial charge in [-0.3, -0.25) is 9.97 Å². The van der Waals surface area contributed by atoms with Crippen molar-refractivity contribution < 1.29 is 9.53 Å². The summed E-state index contributed by atoms with van der Waals surface area (Å²) < 4.78 is 7.02. The summed E-state index contributed by atoms with van der Waals surface area (Å²) in [5.41, 5.74) is 2.99. The second kappa shape index (κ2) is 8.77. The average molecular weight is 366 g/mol. The molecule has 27 heavy (non-hydrogen) atoms. The molecule has 3 rings (SSSR count). The normalized spacial score (nSPS) is 11.3. The van der Waals surface area contributed by atoms with Gasteiger partial charge in [0.1, 0.15) is 0 Å². The van der Waals surface area contributed by atoms with Crippen molar-refractivity contribution in [3.05, 3.63) is 48.4 Å². The van der Waals surface area contributed by atoms with Gasteiger partial charge in [0, 0.05) is 24.3 Å². The number of methoxy groups -OCH3 is 1. The van der Waals surface area contributed by atoms with Crippen LogP contribution in [-0.2, 0) is 11.3 Å². The van der Waals surface area contributed by atoms with Crippen LogP contribution >= 0.6 is 0 Å². The molecule has 3 heterocycles. The zero-order valence-electron chi connectivity index (χ0n) is 16.2. The van der Waals surface area contributed by atoms with Gasteiger partial charge in [-0.15, -0.1) is 0 Å². The van der Waals surface area contributed by atoms with Gasteiger partial charge in [0.15, 0.2) is 0 Å². The second-order valence-electron chi connectivity index (χ2n) is 6.44. The van der Waals surface area contributed by atoms with Gasteiger partial charge < -0.3 is 14.2 Å². The fraction of sp³-hybridized carbons (Fsp3) is 0.381.